The maximum Gasteiger partial charge on any atom is 0.389 e. The summed E-state index contributed by atoms with van der Waals surface area (Å²) in [5.41, 5.74) is 1.33. The molecule has 0 amide bonds. The van der Waals surface area contributed by atoms with Crippen LogP contribution in [0.15, 0.2) is 146 Å². The van der Waals surface area contributed by atoms with E-state index in [1.54, 1.807) is 0 Å². The Kier molecular flexibility index (Phi) is 19.2. The molecule has 76 heavy (non-hydrogen) atoms. The second-order valence-corrected chi connectivity index (χ2v) is 16.2. The molecule has 6 rings (SSSR count). The minimum Gasteiger partial charge on any atom is -0.494 e. The molecule has 0 aromatic heterocycles. The average Bonchev–Trinajstić information content (AvgIpc) is 3.39. The number of hydrogen-bond donors (Lipinski definition) is 0. The Morgan fingerprint density at radius 1 is 0.474 bits per heavy atom. The number of nitrogens with zero attached hydrogens (tertiary/aromatic N) is 2. The molecule has 0 bridgehead atoms. The van der Waals surface area contributed by atoms with Crippen LogP contribution in [0.4, 0.5) is 37.7 Å². The minimum absolute atomic E-state index is 0.129. The standard InChI is InChI=1S/C54H42F6N2O14/c55-53(56,57)27-1-29-71-43-19-9-37(10-20-43)51(65)75-45-15-3-35(4-16-45)7-25-49(63)73-33-39-31-41(61(67)68)13-23-47(39)48-24-14-42(62(69)70)32-40(48)34-74-50(64)26-8-36-5-17-46(18-6-36)76-52(66)38-11-21-44(22-12-38)72-30-2-28-54(58,59)60/h3-26,31-32H,1-2,27-30,33-34H2. The zero-order valence-corrected chi connectivity index (χ0v) is 39.5. The topological polar surface area (TPSA) is 210 Å². The van der Waals surface area contributed by atoms with E-state index >= 15 is 0 Å². The molecule has 0 spiro atoms. The Morgan fingerprint density at radius 2 is 0.816 bits per heavy atom. The molecule has 16 nitrogen and oxygen atoms in total. The van der Waals surface area contributed by atoms with Crippen LogP contribution in [-0.2, 0) is 32.3 Å². The van der Waals surface area contributed by atoms with Crippen molar-refractivity contribution in [3.05, 3.63) is 199 Å². The van der Waals surface area contributed by atoms with Crippen molar-refractivity contribution in [1.29, 1.82) is 0 Å². The summed E-state index contributed by atoms with van der Waals surface area (Å²) < 4.78 is 106. The van der Waals surface area contributed by atoms with Crippen molar-refractivity contribution in [1.82, 2.24) is 0 Å². The van der Waals surface area contributed by atoms with E-state index < -0.39 is 72.1 Å². The van der Waals surface area contributed by atoms with E-state index in [4.69, 9.17) is 28.4 Å². The number of rotatable bonds is 23. The SMILES string of the molecule is O=C(C=Cc1ccc(OC(=O)c2ccc(OCCCC(F)(F)F)cc2)cc1)OCc1cc([N+](=O)[O-])ccc1-c1ccc([N+](=O)[O-])cc1COC(=O)C=Cc1ccc(OC(=O)c2ccc(OCCCC(F)(F)F)cc2)cc1. The lowest BCUT2D eigenvalue weighted by atomic mass is 9.95. The van der Waals surface area contributed by atoms with Gasteiger partial charge in [0.2, 0.25) is 0 Å². The van der Waals surface area contributed by atoms with Crippen LogP contribution in [0.3, 0.4) is 0 Å². The molecule has 6 aromatic rings. The Labute approximate surface area is 428 Å². The normalized spacial score (nSPS) is 11.5. The first-order chi connectivity index (χ1) is 36.2. The van der Waals surface area contributed by atoms with Crippen molar-refractivity contribution in [2.45, 2.75) is 51.2 Å². The first-order valence-corrected chi connectivity index (χ1v) is 22.7. The van der Waals surface area contributed by atoms with Gasteiger partial charge in [-0.05, 0) is 132 Å². The summed E-state index contributed by atoms with van der Waals surface area (Å²) in [5.74, 6) is -2.31. The highest BCUT2D eigenvalue weighted by atomic mass is 19.4. The fraction of sp³-hybridized carbons (Fsp3) is 0.185. The minimum atomic E-state index is -4.29. The van der Waals surface area contributed by atoms with E-state index in [2.05, 4.69) is 0 Å². The highest BCUT2D eigenvalue weighted by Crippen LogP contribution is 2.34. The van der Waals surface area contributed by atoms with Crippen LogP contribution >= 0.6 is 0 Å². The molecule has 0 heterocycles. The molecule has 0 N–H and O–H groups in total. The Bertz CT molecular complexity index is 2880. The van der Waals surface area contributed by atoms with Gasteiger partial charge >= 0.3 is 36.2 Å². The van der Waals surface area contributed by atoms with Gasteiger partial charge in [-0.2, -0.15) is 26.3 Å². The Balaban J connectivity index is 1.03. The van der Waals surface area contributed by atoms with Gasteiger partial charge in [0.25, 0.3) is 11.4 Å². The summed E-state index contributed by atoms with van der Waals surface area (Å²) in [6.45, 7) is -1.32. The lowest BCUT2D eigenvalue weighted by Gasteiger charge is -2.14. The number of nitro benzene ring substituents is 2. The molecule has 22 heteroatoms. The second kappa shape index (κ2) is 26.0. The van der Waals surface area contributed by atoms with Gasteiger partial charge < -0.3 is 28.4 Å². The third-order valence-corrected chi connectivity index (χ3v) is 10.6. The molecule has 0 aliphatic rings. The van der Waals surface area contributed by atoms with E-state index in [0.29, 0.717) is 11.1 Å². The Morgan fingerprint density at radius 3 is 1.14 bits per heavy atom. The van der Waals surface area contributed by atoms with Crippen molar-refractivity contribution in [2.24, 2.45) is 0 Å². The third kappa shape index (κ3) is 18.0. The van der Waals surface area contributed by atoms with E-state index in [1.807, 2.05) is 0 Å². The predicted octanol–water partition coefficient (Wildman–Crippen LogP) is 12.6. The number of carbonyl (C=O) groups is 4. The summed E-state index contributed by atoms with van der Waals surface area (Å²) in [4.78, 5) is 73.4. The molecule has 0 radical (unpaired) electrons. The van der Waals surface area contributed by atoms with E-state index in [-0.39, 0.29) is 93.8 Å². The van der Waals surface area contributed by atoms with Gasteiger partial charge in [-0.1, -0.05) is 24.3 Å². The maximum atomic E-state index is 12.9. The maximum absolute atomic E-state index is 12.9. The number of carbonyl (C=O) groups excluding carboxylic acids is 4. The summed E-state index contributed by atoms with van der Waals surface area (Å²) in [6, 6.07) is 30.6. The number of alkyl halides is 6. The van der Waals surface area contributed by atoms with Crippen LogP contribution in [0.25, 0.3) is 23.3 Å². The van der Waals surface area contributed by atoms with Crippen molar-refractivity contribution < 1.29 is 83.8 Å². The van der Waals surface area contributed by atoms with Crippen LogP contribution < -0.4 is 18.9 Å². The molecular weight excluding hydrogens is 1010 g/mol. The molecule has 6 aromatic carbocycles. The smallest absolute Gasteiger partial charge is 0.389 e. The summed E-state index contributed by atoms with van der Waals surface area (Å²) >= 11 is 0. The van der Waals surface area contributed by atoms with Crippen LogP contribution in [-0.4, -0.2) is 59.3 Å². The highest BCUT2D eigenvalue weighted by Gasteiger charge is 2.27. The predicted molar refractivity (Wildman–Crippen MR) is 260 cm³/mol. The number of benzene rings is 6. The summed E-state index contributed by atoms with van der Waals surface area (Å²) in [6.07, 6.45) is -6.05. The van der Waals surface area contributed by atoms with Crippen molar-refractivity contribution >= 4 is 47.4 Å². The number of nitro groups is 2. The number of esters is 4. The van der Waals surface area contributed by atoms with Gasteiger partial charge in [0.15, 0.2) is 0 Å². The fourth-order valence-corrected chi connectivity index (χ4v) is 6.80. The molecule has 0 saturated carbocycles. The van der Waals surface area contributed by atoms with Crippen LogP contribution in [0.1, 0.15) is 68.7 Å². The Hall–Kier alpha value is -9.34. The number of halogens is 6. The zero-order chi connectivity index (χ0) is 54.8. The first kappa shape index (κ1) is 56.0. The first-order valence-electron chi connectivity index (χ1n) is 22.7. The van der Waals surface area contributed by atoms with E-state index in [9.17, 15) is 65.7 Å². The highest BCUT2D eigenvalue weighted by molar-refractivity contribution is 5.92. The van der Waals surface area contributed by atoms with Crippen molar-refractivity contribution in [3.8, 4) is 34.1 Å². The molecular formula is C54H42F6N2O14. The number of hydrogen-bond acceptors (Lipinski definition) is 14. The van der Waals surface area contributed by atoms with Gasteiger partial charge in [-0.15, -0.1) is 0 Å². The molecule has 0 unspecified atom stereocenters. The number of non-ortho nitro benzene ring substituents is 2. The van der Waals surface area contributed by atoms with E-state index in [0.717, 1.165) is 24.3 Å². The third-order valence-electron chi connectivity index (χ3n) is 10.6. The van der Waals surface area contributed by atoms with Crippen LogP contribution in [0, 0.1) is 20.2 Å². The average molecular weight is 1060 g/mol. The molecule has 0 aliphatic carbocycles. The number of ether oxygens (including phenoxy) is 6. The zero-order valence-electron chi connectivity index (χ0n) is 39.5. The second-order valence-electron chi connectivity index (χ2n) is 16.2. The lowest BCUT2D eigenvalue weighted by molar-refractivity contribution is -0.385. The largest absolute Gasteiger partial charge is 0.494 e. The summed E-state index contributed by atoms with van der Waals surface area (Å²) in [5, 5.41) is 23.5. The van der Waals surface area contributed by atoms with Crippen molar-refractivity contribution in [2.75, 3.05) is 13.2 Å². The molecule has 394 valence electrons. The van der Waals surface area contributed by atoms with Gasteiger partial charge in [0.1, 0.15) is 36.2 Å². The summed E-state index contributed by atoms with van der Waals surface area (Å²) in [7, 11) is 0. The van der Waals surface area contributed by atoms with Gasteiger partial charge in [0.05, 0.1) is 34.2 Å². The quantitative estimate of drug-likeness (QED) is 0.0111. The van der Waals surface area contributed by atoms with Gasteiger partial charge in [-0.25, -0.2) is 19.2 Å². The van der Waals surface area contributed by atoms with Crippen LogP contribution in [0.5, 0.6) is 23.0 Å². The lowest BCUT2D eigenvalue weighted by Crippen LogP contribution is -2.10. The molecule has 0 fully saturated rings. The monoisotopic (exact) mass is 1060 g/mol. The van der Waals surface area contributed by atoms with Gasteiger partial charge in [0, 0.05) is 60.4 Å². The van der Waals surface area contributed by atoms with E-state index in [1.165, 1.54) is 133 Å². The fourth-order valence-electron chi connectivity index (χ4n) is 6.80. The van der Waals surface area contributed by atoms with Crippen LogP contribution in [0.2, 0.25) is 0 Å². The van der Waals surface area contributed by atoms with Gasteiger partial charge in [-0.3, -0.25) is 20.2 Å². The molecule has 0 saturated heterocycles. The molecule has 0 atom stereocenters. The van der Waals surface area contributed by atoms with Crippen molar-refractivity contribution in [3.63, 3.8) is 0 Å². The molecule has 0 aliphatic heterocycles.